The zero-order chi connectivity index (χ0) is 19.1. The summed E-state index contributed by atoms with van der Waals surface area (Å²) in [4.78, 5) is 24.0. The number of carbonyl (C=O) groups excluding carboxylic acids is 2. The van der Waals surface area contributed by atoms with Crippen LogP contribution in [0.3, 0.4) is 0 Å². The molecule has 1 N–H and O–H groups in total. The number of carbonyl (C=O) groups is 2. The highest BCUT2D eigenvalue weighted by Gasteiger charge is 2.27. The Hall–Kier alpha value is -1.72. The number of Topliss-reactive ketones (excluding diaryl/α,β-unsaturated/α-hetero) is 1. The number of nitrogens with one attached hydrogen (secondary N) is 1. The number of ketones is 1. The van der Waals surface area contributed by atoms with Gasteiger partial charge in [0.05, 0.1) is 6.54 Å². The average Bonchev–Trinajstić information content (AvgIpc) is 2.72. The third-order valence-electron chi connectivity index (χ3n) is 5.85. The summed E-state index contributed by atoms with van der Waals surface area (Å²) in [7, 11) is 0. The quantitative estimate of drug-likeness (QED) is 0.743. The van der Waals surface area contributed by atoms with Crippen LogP contribution >= 0.6 is 0 Å². The van der Waals surface area contributed by atoms with Crippen molar-refractivity contribution in [3.05, 3.63) is 35.4 Å². The first-order chi connectivity index (χ1) is 13.1. The fraction of sp³-hybridized carbons (Fsp3) is 0.636. The zero-order valence-corrected chi connectivity index (χ0v) is 16.2. The Kier molecular flexibility index (Phi) is 7.41. The van der Waals surface area contributed by atoms with Gasteiger partial charge in [-0.05, 0) is 49.7 Å². The van der Waals surface area contributed by atoms with Crippen LogP contribution < -0.4 is 5.32 Å². The lowest BCUT2D eigenvalue weighted by Crippen LogP contribution is -2.41. The lowest BCUT2D eigenvalue weighted by molar-refractivity contribution is -0.144. The van der Waals surface area contributed by atoms with Crippen LogP contribution in [0.25, 0.3) is 0 Å². The first-order valence-electron chi connectivity index (χ1n) is 10.2. The number of hydrogen-bond donors (Lipinski definition) is 1. The van der Waals surface area contributed by atoms with Crippen LogP contribution in [0, 0.1) is 5.92 Å². The summed E-state index contributed by atoms with van der Waals surface area (Å²) < 4.78 is 10.8. The normalized spacial score (nSPS) is 22.4. The van der Waals surface area contributed by atoms with E-state index in [-0.39, 0.29) is 31.1 Å². The molecule has 0 aromatic heterocycles. The Labute approximate surface area is 161 Å². The molecule has 1 aliphatic carbocycles. The summed E-state index contributed by atoms with van der Waals surface area (Å²) in [5, 5.41) is 3.16. The van der Waals surface area contributed by atoms with Crippen LogP contribution in [-0.4, -0.2) is 37.6 Å². The Morgan fingerprint density at radius 1 is 1.19 bits per heavy atom. The van der Waals surface area contributed by atoms with E-state index in [0.717, 1.165) is 50.9 Å². The maximum Gasteiger partial charge on any atom is 0.320 e. The van der Waals surface area contributed by atoms with Crippen molar-refractivity contribution in [3.63, 3.8) is 0 Å². The van der Waals surface area contributed by atoms with Crippen molar-refractivity contribution in [2.75, 3.05) is 19.8 Å². The number of ether oxygens (including phenoxy) is 2. The van der Waals surface area contributed by atoms with Crippen LogP contribution in [0.2, 0.25) is 0 Å². The lowest BCUT2D eigenvalue weighted by Gasteiger charge is -2.26. The first kappa shape index (κ1) is 20.0. The van der Waals surface area contributed by atoms with Gasteiger partial charge in [-0.1, -0.05) is 30.7 Å². The molecule has 1 aromatic rings. The molecule has 1 aliphatic heterocycles. The van der Waals surface area contributed by atoms with E-state index in [1.54, 1.807) is 0 Å². The minimum Gasteiger partial charge on any atom is -0.460 e. The van der Waals surface area contributed by atoms with Crippen molar-refractivity contribution >= 4 is 11.8 Å². The zero-order valence-electron chi connectivity index (χ0n) is 16.2. The average molecular weight is 373 g/mol. The predicted octanol–water partition coefficient (Wildman–Crippen LogP) is 3.36. The van der Waals surface area contributed by atoms with Crippen LogP contribution in [0.5, 0.6) is 0 Å². The standard InChI is InChI=1S/C22H31NO4/c1-16(20-4-2-3-5-21(20)24)23-14-22(25)27-15-17-6-8-18(9-7-17)19-10-12-26-13-11-19/h6-9,16,19-20,23H,2-5,10-15H2,1H3. The summed E-state index contributed by atoms with van der Waals surface area (Å²) in [6.45, 7) is 4.08. The topological polar surface area (TPSA) is 64.6 Å². The molecule has 1 saturated heterocycles. The van der Waals surface area contributed by atoms with Gasteiger partial charge < -0.3 is 14.8 Å². The van der Waals surface area contributed by atoms with Gasteiger partial charge in [0, 0.05) is 31.6 Å². The molecule has 2 aliphatic rings. The van der Waals surface area contributed by atoms with E-state index in [1.165, 1.54) is 5.56 Å². The highest BCUT2D eigenvalue weighted by Crippen LogP contribution is 2.27. The summed E-state index contributed by atoms with van der Waals surface area (Å²) >= 11 is 0. The minimum atomic E-state index is -0.279. The number of benzene rings is 1. The van der Waals surface area contributed by atoms with E-state index < -0.39 is 0 Å². The third kappa shape index (κ3) is 5.88. The molecule has 3 rings (SSSR count). The van der Waals surface area contributed by atoms with Gasteiger partial charge in [0.25, 0.3) is 0 Å². The van der Waals surface area contributed by atoms with E-state index in [4.69, 9.17) is 9.47 Å². The first-order valence-corrected chi connectivity index (χ1v) is 10.2. The molecule has 2 atom stereocenters. The van der Waals surface area contributed by atoms with Crippen LogP contribution in [0.1, 0.15) is 62.5 Å². The van der Waals surface area contributed by atoms with Crippen LogP contribution in [0.4, 0.5) is 0 Å². The van der Waals surface area contributed by atoms with Gasteiger partial charge in [-0.2, -0.15) is 0 Å². The number of rotatable bonds is 7. The number of esters is 1. The molecular formula is C22H31NO4. The lowest BCUT2D eigenvalue weighted by atomic mass is 9.83. The molecule has 0 radical (unpaired) electrons. The molecule has 148 valence electrons. The SMILES string of the molecule is CC(NCC(=O)OCc1ccc(C2CCOCC2)cc1)C1CCCCC1=O. The van der Waals surface area contributed by atoms with Crippen molar-refractivity contribution in [1.29, 1.82) is 0 Å². The summed E-state index contributed by atoms with van der Waals surface area (Å²) in [6, 6.07) is 8.36. The van der Waals surface area contributed by atoms with Crippen molar-refractivity contribution < 1.29 is 19.1 Å². The fourth-order valence-corrected chi connectivity index (χ4v) is 4.06. The Morgan fingerprint density at radius 2 is 1.93 bits per heavy atom. The molecule has 1 saturated carbocycles. The fourth-order valence-electron chi connectivity index (χ4n) is 4.06. The Balaban J connectivity index is 1.39. The molecule has 0 bridgehead atoms. The van der Waals surface area contributed by atoms with E-state index in [9.17, 15) is 9.59 Å². The monoisotopic (exact) mass is 373 g/mol. The smallest absolute Gasteiger partial charge is 0.320 e. The summed E-state index contributed by atoms with van der Waals surface area (Å²) in [6.07, 6.45) is 5.82. The van der Waals surface area contributed by atoms with Crippen molar-refractivity contribution in [2.45, 2.75) is 64.0 Å². The van der Waals surface area contributed by atoms with Gasteiger partial charge in [0.2, 0.25) is 0 Å². The van der Waals surface area contributed by atoms with Crippen LogP contribution in [-0.2, 0) is 25.7 Å². The number of hydrogen-bond acceptors (Lipinski definition) is 5. The summed E-state index contributed by atoms with van der Waals surface area (Å²) in [5.41, 5.74) is 2.33. The van der Waals surface area contributed by atoms with E-state index in [1.807, 2.05) is 19.1 Å². The molecule has 2 fully saturated rings. The van der Waals surface area contributed by atoms with Gasteiger partial charge in [-0.3, -0.25) is 9.59 Å². The van der Waals surface area contributed by atoms with Gasteiger partial charge in [0.15, 0.2) is 0 Å². The molecule has 0 amide bonds. The second kappa shape index (κ2) is 10.00. The second-order valence-corrected chi connectivity index (χ2v) is 7.78. The highest BCUT2D eigenvalue weighted by atomic mass is 16.5. The largest absolute Gasteiger partial charge is 0.460 e. The highest BCUT2D eigenvalue weighted by molar-refractivity contribution is 5.82. The molecule has 0 spiro atoms. The van der Waals surface area contributed by atoms with Crippen LogP contribution in [0.15, 0.2) is 24.3 Å². The van der Waals surface area contributed by atoms with Crippen molar-refractivity contribution in [1.82, 2.24) is 5.32 Å². The Bertz CT molecular complexity index is 622. The minimum absolute atomic E-state index is 0.0177. The van der Waals surface area contributed by atoms with E-state index in [0.29, 0.717) is 18.1 Å². The maximum absolute atomic E-state index is 12.0. The van der Waals surface area contributed by atoms with Gasteiger partial charge in [-0.25, -0.2) is 0 Å². The maximum atomic E-state index is 12.0. The van der Waals surface area contributed by atoms with E-state index in [2.05, 4.69) is 17.4 Å². The Morgan fingerprint density at radius 3 is 2.63 bits per heavy atom. The van der Waals surface area contributed by atoms with Gasteiger partial charge >= 0.3 is 5.97 Å². The molecule has 5 nitrogen and oxygen atoms in total. The molecular weight excluding hydrogens is 342 g/mol. The molecule has 2 unspecified atom stereocenters. The molecule has 5 heteroatoms. The van der Waals surface area contributed by atoms with Gasteiger partial charge in [0.1, 0.15) is 12.4 Å². The third-order valence-corrected chi connectivity index (χ3v) is 5.85. The second-order valence-electron chi connectivity index (χ2n) is 7.78. The van der Waals surface area contributed by atoms with Crippen molar-refractivity contribution in [3.8, 4) is 0 Å². The molecule has 1 aromatic carbocycles. The molecule has 27 heavy (non-hydrogen) atoms. The van der Waals surface area contributed by atoms with E-state index >= 15 is 0 Å². The molecule has 1 heterocycles. The predicted molar refractivity (Wildman–Crippen MR) is 103 cm³/mol. The van der Waals surface area contributed by atoms with Gasteiger partial charge in [-0.15, -0.1) is 0 Å². The summed E-state index contributed by atoms with van der Waals surface area (Å²) in [5.74, 6) is 0.644. The van der Waals surface area contributed by atoms with Crippen molar-refractivity contribution in [2.24, 2.45) is 5.92 Å².